The van der Waals surface area contributed by atoms with Gasteiger partial charge in [-0.05, 0) is 45.6 Å². The molecule has 1 rings (SSSR count). The van der Waals surface area contributed by atoms with Gasteiger partial charge in [-0.3, -0.25) is 0 Å². The van der Waals surface area contributed by atoms with Crippen molar-refractivity contribution in [2.45, 2.75) is 71.8 Å². The summed E-state index contributed by atoms with van der Waals surface area (Å²) in [5, 5.41) is 3.59. The van der Waals surface area contributed by atoms with Crippen molar-refractivity contribution in [3.8, 4) is 0 Å². The lowest BCUT2D eigenvalue weighted by Crippen LogP contribution is -2.37. The van der Waals surface area contributed by atoms with Gasteiger partial charge in [-0.15, -0.1) is 0 Å². The Bertz CT molecular complexity index is 163. The molecule has 0 aliphatic heterocycles. The smallest absolute Gasteiger partial charge is 0.00965 e. The molecule has 1 nitrogen and oxygen atoms in total. The Kier molecular flexibility index (Phi) is 5.11. The molecule has 0 amide bonds. The summed E-state index contributed by atoms with van der Waals surface area (Å²) in [4.78, 5) is 0. The van der Waals surface area contributed by atoms with E-state index in [0.29, 0.717) is 0 Å². The molecule has 0 spiro atoms. The Morgan fingerprint density at radius 3 is 2.27 bits per heavy atom. The van der Waals surface area contributed by atoms with Gasteiger partial charge >= 0.3 is 0 Å². The van der Waals surface area contributed by atoms with Crippen molar-refractivity contribution in [1.82, 2.24) is 5.32 Å². The Hall–Kier alpha value is -0.0400. The highest BCUT2D eigenvalue weighted by molar-refractivity contribution is 4.74. The average Bonchev–Trinajstić information content (AvgIpc) is 2.17. The molecule has 0 bridgehead atoms. The Balaban J connectivity index is 2.14. The second-order valence-corrected chi connectivity index (χ2v) is 6.34. The number of nitrogens with one attached hydrogen (secondary N) is 1. The van der Waals surface area contributed by atoms with Crippen LogP contribution in [-0.2, 0) is 0 Å². The van der Waals surface area contributed by atoms with E-state index in [1.807, 2.05) is 0 Å². The minimum Gasteiger partial charge on any atom is -0.312 e. The molecule has 1 unspecified atom stereocenters. The normalized spacial score (nSPS) is 21.6. The minimum absolute atomic E-state index is 0.284. The third-order valence-electron chi connectivity index (χ3n) is 3.71. The Labute approximate surface area is 96.0 Å². The van der Waals surface area contributed by atoms with Gasteiger partial charge in [-0.25, -0.2) is 0 Å². The molecule has 1 N–H and O–H groups in total. The summed E-state index contributed by atoms with van der Waals surface area (Å²) in [7, 11) is 0. The monoisotopic (exact) mass is 211 g/mol. The van der Waals surface area contributed by atoms with E-state index in [2.05, 4.69) is 33.0 Å². The molecule has 1 fully saturated rings. The third-order valence-corrected chi connectivity index (χ3v) is 3.71. The first kappa shape index (κ1) is 13.0. The minimum atomic E-state index is 0.284. The molecular weight excluding hydrogens is 182 g/mol. The summed E-state index contributed by atoms with van der Waals surface area (Å²) in [6, 6.07) is 0. The first-order valence-corrected chi connectivity index (χ1v) is 6.74. The van der Waals surface area contributed by atoms with Gasteiger partial charge < -0.3 is 5.32 Å². The molecule has 0 heterocycles. The van der Waals surface area contributed by atoms with Crippen LogP contribution in [0.1, 0.15) is 66.2 Å². The fourth-order valence-electron chi connectivity index (χ4n) is 2.61. The van der Waals surface area contributed by atoms with Crippen molar-refractivity contribution in [3.05, 3.63) is 0 Å². The summed E-state index contributed by atoms with van der Waals surface area (Å²) in [6.45, 7) is 10.4. The van der Waals surface area contributed by atoms with E-state index in [-0.39, 0.29) is 5.54 Å². The van der Waals surface area contributed by atoms with Crippen LogP contribution in [-0.4, -0.2) is 12.1 Å². The van der Waals surface area contributed by atoms with E-state index in [1.54, 1.807) is 0 Å². The van der Waals surface area contributed by atoms with Crippen molar-refractivity contribution in [2.75, 3.05) is 6.54 Å². The molecule has 1 aliphatic rings. The fourth-order valence-corrected chi connectivity index (χ4v) is 2.61. The maximum absolute atomic E-state index is 3.59. The number of hydrogen-bond acceptors (Lipinski definition) is 1. The highest BCUT2D eigenvalue weighted by Crippen LogP contribution is 2.31. The lowest BCUT2D eigenvalue weighted by atomic mass is 9.79. The zero-order valence-electron chi connectivity index (χ0n) is 11.1. The zero-order valence-corrected chi connectivity index (χ0v) is 11.1. The van der Waals surface area contributed by atoms with Crippen LogP contribution < -0.4 is 5.32 Å². The zero-order chi connectivity index (χ0) is 11.3. The van der Waals surface area contributed by atoms with Crippen LogP contribution >= 0.6 is 0 Å². The van der Waals surface area contributed by atoms with Crippen molar-refractivity contribution >= 4 is 0 Å². The topological polar surface area (TPSA) is 12.0 Å². The van der Waals surface area contributed by atoms with Crippen molar-refractivity contribution < 1.29 is 0 Å². The molecule has 0 aromatic rings. The SMILES string of the molecule is CC(CCNC(C)(C)C)C1CCCCC1. The van der Waals surface area contributed by atoms with E-state index in [1.165, 1.54) is 45.1 Å². The van der Waals surface area contributed by atoms with Gasteiger partial charge in [0.05, 0.1) is 0 Å². The van der Waals surface area contributed by atoms with E-state index < -0.39 is 0 Å². The van der Waals surface area contributed by atoms with Gasteiger partial charge in [0.15, 0.2) is 0 Å². The lowest BCUT2D eigenvalue weighted by molar-refractivity contribution is 0.245. The number of rotatable bonds is 4. The summed E-state index contributed by atoms with van der Waals surface area (Å²) >= 11 is 0. The van der Waals surface area contributed by atoms with Crippen LogP contribution in [0.5, 0.6) is 0 Å². The summed E-state index contributed by atoms with van der Waals surface area (Å²) < 4.78 is 0. The standard InChI is InChI=1S/C14H29N/c1-12(10-11-15-14(2,3)4)13-8-6-5-7-9-13/h12-13,15H,5-11H2,1-4H3. The second kappa shape index (κ2) is 5.89. The van der Waals surface area contributed by atoms with Crippen LogP contribution in [0, 0.1) is 11.8 Å². The first-order valence-electron chi connectivity index (χ1n) is 6.74. The molecule has 0 aromatic heterocycles. The van der Waals surface area contributed by atoms with Gasteiger partial charge in [-0.1, -0.05) is 39.0 Å². The molecule has 1 saturated carbocycles. The molecule has 15 heavy (non-hydrogen) atoms. The largest absolute Gasteiger partial charge is 0.312 e. The van der Waals surface area contributed by atoms with Crippen molar-refractivity contribution in [2.24, 2.45) is 11.8 Å². The fraction of sp³-hybridized carbons (Fsp3) is 1.00. The van der Waals surface area contributed by atoms with Gasteiger partial charge in [0, 0.05) is 5.54 Å². The van der Waals surface area contributed by atoms with Gasteiger partial charge in [0.2, 0.25) is 0 Å². The van der Waals surface area contributed by atoms with E-state index >= 15 is 0 Å². The molecule has 1 atom stereocenters. The third kappa shape index (κ3) is 5.55. The maximum Gasteiger partial charge on any atom is 0.00965 e. The molecule has 0 saturated heterocycles. The summed E-state index contributed by atoms with van der Waals surface area (Å²) in [5.41, 5.74) is 0.284. The van der Waals surface area contributed by atoms with E-state index in [9.17, 15) is 0 Å². The van der Waals surface area contributed by atoms with E-state index in [0.717, 1.165) is 11.8 Å². The molecular formula is C14H29N. The molecule has 0 aromatic carbocycles. The molecule has 1 aliphatic carbocycles. The van der Waals surface area contributed by atoms with Crippen LogP contribution in [0.25, 0.3) is 0 Å². The predicted molar refractivity (Wildman–Crippen MR) is 68.1 cm³/mol. The van der Waals surface area contributed by atoms with Crippen molar-refractivity contribution in [1.29, 1.82) is 0 Å². The summed E-state index contributed by atoms with van der Waals surface area (Å²) in [5.74, 6) is 1.93. The van der Waals surface area contributed by atoms with Crippen LogP contribution in [0.3, 0.4) is 0 Å². The van der Waals surface area contributed by atoms with Gasteiger partial charge in [0.25, 0.3) is 0 Å². The highest BCUT2D eigenvalue weighted by atomic mass is 14.9. The van der Waals surface area contributed by atoms with E-state index in [4.69, 9.17) is 0 Å². The van der Waals surface area contributed by atoms with Gasteiger partial charge in [0.1, 0.15) is 0 Å². The molecule has 90 valence electrons. The highest BCUT2D eigenvalue weighted by Gasteiger charge is 2.20. The van der Waals surface area contributed by atoms with Crippen LogP contribution in [0.2, 0.25) is 0 Å². The maximum atomic E-state index is 3.59. The Morgan fingerprint density at radius 1 is 1.13 bits per heavy atom. The average molecular weight is 211 g/mol. The van der Waals surface area contributed by atoms with Crippen molar-refractivity contribution in [3.63, 3.8) is 0 Å². The molecule has 0 radical (unpaired) electrons. The van der Waals surface area contributed by atoms with Crippen LogP contribution in [0.4, 0.5) is 0 Å². The Morgan fingerprint density at radius 2 is 1.73 bits per heavy atom. The van der Waals surface area contributed by atoms with Crippen LogP contribution in [0.15, 0.2) is 0 Å². The predicted octanol–water partition coefficient (Wildman–Crippen LogP) is 3.98. The number of hydrogen-bond donors (Lipinski definition) is 1. The van der Waals surface area contributed by atoms with Gasteiger partial charge in [-0.2, -0.15) is 0 Å². The first-order chi connectivity index (χ1) is 6.99. The molecule has 1 heteroatoms. The lowest BCUT2D eigenvalue weighted by Gasteiger charge is -2.29. The summed E-state index contributed by atoms with van der Waals surface area (Å²) in [6.07, 6.45) is 8.74. The second-order valence-electron chi connectivity index (χ2n) is 6.34. The quantitative estimate of drug-likeness (QED) is 0.741.